The summed E-state index contributed by atoms with van der Waals surface area (Å²) in [6, 6.07) is 5.75. The molecular weight excluding hydrogens is 236 g/mol. The molecular formula is C13H15ClN2O. The molecule has 0 saturated heterocycles. The fourth-order valence-corrected chi connectivity index (χ4v) is 1.97. The van der Waals surface area contributed by atoms with Crippen LogP contribution in [0.3, 0.4) is 0 Å². The Labute approximate surface area is 106 Å². The third kappa shape index (κ3) is 2.44. The molecule has 0 aliphatic carbocycles. The van der Waals surface area contributed by atoms with Crippen molar-refractivity contribution in [3.63, 3.8) is 0 Å². The topological polar surface area (TPSA) is 27.1 Å². The van der Waals surface area contributed by atoms with Gasteiger partial charge in [-0.25, -0.2) is 4.98 Å². The van der Waals surface area contributed by atoms with Gasteiger partial charge in [0.2, 0.25) is 0 Å². The largest absolute Gasteiger partial charge is 0.492 e. The molecule has 90 valence electrons. The van der Waals surface area contributed by atoms with Crippen LogP contribution < -0.4 is 4.74 Å². The molecule has 0 aliphatic heterocycles. The van der Waals surface area contributed by atoms with Gasteiger partial charge in [-0.05, 0) is 32.0 Å². The monoisotopic (exact) mass is 250 g/mol. The Morgan fingerprint density at radius 3 is 2.82 bits per heavy atom. The lowest BCUT2D eigenvalue weighted by molar-refractivity contribution is 0.340. The molecule has 2 aromatic rings. The van der Waals surface area contributed by atoms with E-state index in [1.165, 1.54) is 0 Å². The van der Waals surface area contributed by atoms with Crippen LogP contribution in [0.2, 0.25) is 5.02 Å². The number of halogens is 1. The highest BCUT2D eigenvalue weighted by Gasteiger charge is 2.08. The fraction of sp³-hybridized carbons (Fsp3) is 0.308. The predicted molar refractivity (Wildman–Crippen MR) is 69.5 cm³/mol. The van der Waals surface area contributed by atoms with Gasteiger partial charge in [0, 0.05) is 24.5 Å². The Morgan fingerprint density at radius 2 is 2.18 bits per heavy atom. The summed E-state index contributed by atoms with van der Waals surface area (Å²) in [6.07, 6.45) is 3.75. The van der Waals surface area contributed by atoms with Crippen LogP contribution in [0, 0.1) is 0 Å². The van der Waals surface area contributed by atoms with Crippen molar-refractivity contribution in [3.05, 3.63) is 35.6 Å². The van der Waals surface area contributed by atoms with Gasteiger partial charge in [0.05, 0.1) is 11.6 Å². The first-order valence-corrected chi connectivity index (χ1v) is 6.08. The molecule has 0 amide bonds. The van der Waals surface area contributed by atoms with Gasteiger partial charge in [0.15, 0.2) is 0 Å². The molecule has 0 N–H and O–H groups in total. The van der Waals surface area contributed by atoms with E-state index < -0.39 is 0 Å². The van der Waals surface area contributed by atoms with Crippen molar-refractivity contribution in [1.29, 1.82) is 0 Å². The van der Waals surface area contributed by atoms with Crippen LogP contribution in [0.25, 0.3) is 11.4 Å². The van der Waals surface area contributed by atoms with E-state index in [1.807, 2.05) is 31.3 Å². The Balaban J connectivity index is 2.37. The number of hydrogen-bond donors (Lipinski definition) is 0. The Hall–Kier alpha value is -1.48. The van der Waals surface area contributed by atoms with Crippen LogP contribution in [-0.2, 0) is 6.54 Å². The highest BCUT2D eigenvalue weighted by Crippen LogP contribution is 2.29. The van der Waals surface area contributed by atoms with Crippen molar-refractivity contribution >= 4 is 11.6 Å². The van der Waals surface area contributed by atoms with Crippen molar-refractivity contribution in [2.45, 2.75) is 20.4 Å². The number of hydrogen-bond acceptors (Lipinski definition) is 2. The lowest BCUT2D eigenvalue weighted by Gasteiger charge is -2.08. The van der Waals surface area contributed by atoms with Crippen molar-refractivity contribution in [2.75, 3.05) is 6.61 Å². The summed E-state index contributed by atoms with van der Waals surface area (Å²) >= 11 is 6.16. The van der Waals surface area contributed by atoms with Crippen LogP contribution in [0.5, 0.6) is 5.75 Å². The number of nitrogens with zero attached hydrogens (tertiary/aromatic N) is 2. The molecule has 0 fully saturated rings. The Bertz CT molecular complexity index is 508. The van der Waals surface area contributed by atoms with Crippen LogP contribution in [0.15, 0.2) is 30.6 Å². The van der Waals surface area contributed by atoms with Gasteiger partial charge in [0.25, 0.3) is 0 Å². The zero-order chi connectivity index (χ0) is 12.3. The smallest absolute Gasteiger partial charge is 0.139 e. The Morgan fingerprint density at radius 1 is 1.35 bits per heavy atom. The van der Waals surface area contributed by atoms with Crippen molar-refractivity contribution < 1.29 is 4.74 Å². The summed E-state index contributed by atoms with van der Waals surface area (Å²) in [5.74, 6) is 1.64. The molecule has 0 radical (unpaired) electrons. The maximum atomic E-state index is 6.16. The second-order valence-electron chi connectivity index (χ2n) is 3.62. The first kappa shape index (κ1) is 12.0. The first-order valence-electron chi connectivity index (χ1n) is 5.70. The summed E-state index contributed by atoms with van der Waals surface area (Å²) in [4.78, 5) is 4.34. The number of benzene rings is 1. The van der Waals surface area contributed by atoms with Gasteiger partial charge in [0.1, 0.15) is 11.6 Å². The van der Waals surface area contributed by atoms with Crippen LogP contribution in [0.4, 0.5) is 0 Å². The Kier molecular flexibility index (Phi) is 3.69. The highest BCUT2D eigenvalue weighted by atomic mass is 35.5. The van der Waals surface area contributed by atoms with Gasteiger partial charge in [-0.15, -0.1) is 0 Å². The lowest BCUT2D eigenvalue weighted by atomic mass is 10.2. The molecule has 0 unspecified atom stereocenters. The van der Waals surface area contributed by atoms with E-state index in [0.29, 0.717) is 17.4 Å². The van der Waals surface area contributed by atoms with Crippen molar-refractivity contribution in [2.24, 2.45) is 0 Å². The van der Waals surface area contributed by atoms with E-state index in [9.17, 15) is 0 Å². The summed E-state index contributed by atoms with van der Waals surface area (Å²) in [7, 11) is 0. The summed E-state index contributed by atoms with van der Waals surface area (Å²) < 4.78 is 7.48. The molecule has 1 aromatic heterocycles. The number of ether oxygens (including phenoxy) is 1. The molecule has 4 heteroatoms. The van der Waals surface area contributed by atoms with Gasteiger partial charge in [-0.1, -0.05) is 11.6 Å². The number of rotatable bonds is 4. The summed E-state index contributed by atoms with van der Waals surface area (Å²) in [5.41, 5.74) is 1.00. The van der Waals surface area contributed by atoms with Crippen molar-refractivity contribution in [1.82, 2.24) is 9.55 Å². The lowest BCUT2D eigenvalue weighted by Crippen LogP contribution is -1.97. The number of aryl methyl sites for hydroxylation is 1. The van der Waals surface area contributed by atoms with Crippen LogP contribution in [0.1, 0.15) is 13.8 Å². The number of imidazole rings is 1. The van der Waals surface area contributed by atoms with Gasteiger partial charge < -0.3 is 9.30 Å². The molecule has 17 heavy (non-hydrogen) atoms. The van der Waals surface area contributed by atoms with Gasteiger partial charge in [-0.3, -0.25) is 0 Å². The minimum absolute atomic E-state index is 0.614. The van der Waals surface area contributed by atoms with E-state index in [1.54, 1.807) is 6.20 Å². The molecule has 0 aliphatic rings. The quantitative estimate of drug-likeness (QED) is 0.829. The molecule has 0 saturated carbocycles. The molecule has 3 nitrogen and oxygen atoms in total. The summed E-state index contributed by atoms with van der Waals surface area (Å²) in [6.45, 7) is 5.53. The van der Waals surface area contributed by atoms with Crippen LogP contribution >= 0.6 is 11.6 Å². The second-order valence-corrected chi connectivity index (χ2v) is 4.02. The average Bonchev–Trinajstić information content (AvgIpc) is 2.80. The minimum atomic E-state index is 0.614. The van der Waals surface area contributed by atoms with E-state index in [-0.39, 0.29) is 0 Å². The van der Waals surface area contributed by atoms with Crippen molar-refractivity contribution in [3.8, 4) is 17.1 Å². The zero-order valence-electron chi connectivity index (χ0n) is 9.98. The SMILES string of the molecule is CCOc1ccc(-c2nccn2CC)cc1Cl. The predicted octanol–water partition coefficient (Wildman–Crippen LogP) is 3.62. The molecule has 2 rings (SSSR count). The van der Waals surface area contributed by atoms with E-state index in [0.717, 1.165) is 17.9 Å². The van der Waals surface area contributed by atoms with Crippen LogP contribution in [-0.4, -0.2) is 16.2 Å². The molecule has 0 atom stereocenters. The molecule has 0 spiro atoms. The normalized spacial score (nSPS) is 10.5. The van der Waals surface area contributed by atoms with E-state index in [2.05, 4.69) is 16.5 Å². The number of aromatic nitrogens is 2. The third-order valence-electron chi connectivity index (χ3n) is 2.55. The van der Waals surface area contributed by atoms with Gasteiger partial charge >= 0.3 is 0 Å². The zero-order valence-corrected chi connectivity index (χ0v) is 10.7. The van der Waals surface area contributed by atoms with E-state index >= 15 is 0 Å². The third-order valence-corrected chi connectivity index (χ3v) is 2.84. The first-order chi connectivity index (χ1) is 8.26. The maximum absolute atomic E-state index is 6.16. The highest BCUT2D eigenvalue weighted by molar-refractivity contribution is 6.32. The summed E-state index contributed by atoms with van der Waals surface area (Å²) in [5, 5.41) is 0.620. The maximum Gasteiger partial charge on any atom is 0.139 e. The average molecular weight is 251 g/mol. The van der Waals surface area contributed by atoms with E-state index in [4.69, 9.17) is 16.3 Å². The second kappa shape index (κ2) is 5.23. The standard InChI is InChI=1S/C13H15ClN2O/c1-3-16-8-7-15-13(16)10-5-6-12(17-4-2)11(14)9-10/h5-9H,3-4H2,1-2H3. The molecule has 0 bridgehead atoms. The fourth-order valence-electron chi connectivity index (χ4n) is 1.74. The molecule has 1 aromatic carbocycles. The molecule has 1 heterocycles. The van der Waals surface area contributed by atoms with Gasteiger partial charge in [-0.2, -0.15) is 0 Å². The minimum Gasteiger partial charge on any atom is -0.492 e.